The average molecular weight is 149 g/mol. The molecule has 3 heteroatoms. The number of aromatic nitrogens is 2. The summed E-state index contributed by atoms with van der Waals surface area (Å²) in [6.45, 7) is 9.58. The van der Waals surface area contributed by atoms with E-state index < -0.39 is 0 Å². The van der Waals surface area contributed by atoms with Gasteiger partial charge in [-0.25, -0.2) is 4.98 Å². The van der Waals surface area contributed by atoms with Crippen LogP contribution >= 0.6 is 0 Å². The van der Waals surface area contributed by atoms with Crippen LogP contribution < -0.4 is 16.0 Å². The van der Waals surface area contributed by atoms with E-state index in [1.54, 1.807) is 0 Å². The van der Waals surface area contributed by atoms with Crippen LogP contribution in [0.4, 0.5) is 0 Å². The molecule has 2 heterocycles. The monoisotopic (exact) mass is 149 g/mol. The third-order valence-electron chi connectivity index (χ3n) is 2.05. The van der Waals surface area contributed by atoms with Gasteiger partial charge >= 0.3 is 0 Å². The summed E-state index contributed by atoms with van der Waals surface area (Å²) in [4.78, 5) is 7.38. The van der Waals surface area contributed by atoms with Gasteiger partial charge in [0, 0.05) is 19.0 Å². The van der Waals surface area contributed by atoms with Crippen LogP contribution in [0.15, 0.2) is 0 Å². The van der Waals surface area contributed by atoms with Crippen molar-refractivity contribution in [2.45, 2.75) is 5.92 Å². The second-order valence-corrected chi connectivity index (χ2v) is 2.90. The van der Waals surface area contributed by atoms with E-state index in [0.29, 0.717) is 5.92 Å². The molecule has 0 atom stereocenters. The molecule has 0 bridgehead atoms. The van der Waals surface area contributed by atoms with Crippen molar-refractivity contribution in [3.63, 3.8) is 0 Å². The molecular weight excluding hydrogens is 138 g/mol. The summed E-state index contributed by atoms with van der Waals surface area (Å²) in [5.74, 6) is 1.57. The third-order valence-corrected chi connectivity index (χ3v) is 2.05. The first kappa shape index (κ1) is 6.61. The van der Waals surface area contributed by atoms with Crippen molar-refractivity contribution in [1.29, 1.82) is 0 Å². The van der Waals surface area contributed by atoms with E-state index >= 15 is 0 Å². The van der Waals surface area contributed by atoms with Gasteiger partial charge in [0.25, 0.3) is 0 Å². The van der Waals surface area contributed by atoms with Crippen molar-refractivity contribution in [1.82, 2.24) is 15.3 Å². The molecule has 3 nitrogen and oxygen atoms in total. The summed E-state index contributed by atoms with van der Waals surface area (Å²) < 4.78 is 0. The molecule has 0 unspecified atom stereocenters. The molecule has 1 aromatic heterocycles. The molecule has 1 aliphatic rings. The summed E-state index contributed by atoms with van der Waals surface area (Å²) >= 11 is 0. The molecule has 1 aliphatic heterocycles. The number of hydrogen-bond donors (Lipinski definition) is 2. The van der Waals surface area contributed by atoms with E-state index in [-0.39, 0.29) is 0 Å². The summed E-state index contributed by atoms with van der Waals surface area (Å²) in [6.07, 6.45) is 0. The van der Waals surface area contributed by atoms with Gasteiger partial charge < -0.3 is 10.3 Å². The molecule has 11 heavy (non-hydrogen) atoms. The van der Waals surface area contributed by atoms with Gasteiger partial charge in [-0.05, 0) is 0 Å². The summed E-state index contributed by atoms with van der Waals surface area (Å²) in [7, 11) is 0. The SMILES string of the molecule is C=c1nc(C2CNC2)[nH]c1=C. The molecule has 1 aromatic rings. The first-order valence-electron chi connectivity index (χ1n) is 3.72. The van der Waals surface area contributed by atoms with Crippen LogP contribution in [-0.4, -0.2) is 23.1 Å². The highest BCUT2D eigenvalue weighted by Gasteiger charge is 2.20. The van der Waals surface area contributed by atoms with Crippen LogP contribution in [0, 0.1) is 0 Å². The Bertz CT molecular complexity index is 320. The minimum atomic E-state index is 0.547. The zero-order valence-corrected chi connectivity index (χ0v) is 6.35. The number of hydrogen-bond acceptors (Lipinski definition) is 2. The van der Waals surface area contributed by atoms with Crippen LogP contribution in [0.25, 0.3) is 13.2 Å². The van der Waals surface area contributed by atoms with Gasteiger partial charge in [0.15, 0.2) is 0 Å². The quantitative estimate of drug-likeness (QED) is 0.533. The second kappa shape index (κ2) is 2.20. The van der Waals surface area contributed by atoms with E-state index in [1.165, 1.54) is 0 Å². The van der Waals surface area contributed by atoms with Gasteiger partial charge in [-0.1, -0.05) is 13.2 Å². The predicted molar refractivity (Wildman–Crippen MR) is 44.5 cm³/mol. The molecular formula is C8H11N3. The molecule has 0 aliphatic carbocycles. The van der Waals surface area contributed by atoms with Crippen molar-refractivity contribution in [3.05, 3.63) is 16.5 Å². The van der Waals surface area contributed by atoms with Crippen LogP contribution in [0.1, 0.15) is 11.7 Å². The number of H-pyrrole nitrogens is 1. The Hall–Kier alpha value is -1.09. The van der Waals surface area contributed by atoms with E-state index in [4.69, 9.17) is 0 Å². The fourth-order valence-electron chi connectivity index (χ4n) is 1.14. The molecule has 0 amide bonds. The lowest BCUT2D eigenvalue weighted by Crippen LogP contribution is -2.40. The van der Waals surface area contributed by atoms with E-state index in [1.807, 2.05) is 0 Å². The van der Waals surface area contributed by atoms with E-state index in [2.05, 4.69) is 28.4 Å². The molecule has 0 radical (unpaired) electrons. The van der Waals surface area contributed by atoms with Crippen molar-refractivity contribution in [2.75, 3.05) is 13.1 Å². The van der Waals surface area contributed by atoms with Crippen LogP contribution in [0.5, 0.6) is 0 Å². The number of aromatic amines is 1. The standard InChI is InChI=1S/C8H11N3/c1-5-6(2)11-8(10-5)7-3-9-4-7/h7,9H,1-4H2,(H,10,11). The van der Waals surface area contributed by atoms with Crippen LogP contribution in [-0.2, 0) is 0 Å². The van der Waals surface area contributed by atoms with Gasteiger partial charge in [0.05, 0.1) is 10.7 Å². The Morgan fingerprint density at radius 2 is 2.09 bits per heavy atom. The molecule has 0 saturated carbocycles. The highest BCUT2D eigenvalue weighted by molar-refractivity contribution is 5.11. The Labute approximate surface area is 64.8 Å². The van der Waals surface area contributed by atoms with Crippen molar-refractivity contribution in [2.24, 2.45) is 0 Å². The molecule has 2 N–H and O–H groups in total. The smallest absolute Gasteiger partial charge is 0.112 e. The molecule has 0 aromatic carbocycles. The Morgan fingerprint density at radius 1 is 1.36 bits per heavy atom. The first-order valence-corrected chi connectivity index (χ1v) is 3.72. The number of rotatable bonds is 1. The zero-order chi connectivity index (χ0) is 7.84. The largest absolute Gasteiger partial charge is 0.342 e. The van der Waals surface area contributed by atoms with Gasteiger partial charge in [-0.2, -0.15) is 0 Å². The third kappa shape index (κ3) is 0.973. The summed E-state index contributed by atoms with van der Waals surface area (Å²) in [5.41, 5.74) is 0. The maximum Gasteiger partial charge on any atom is 0.112 e. The fraction of sp³-hybridized carbons (Fsp3) is 0.375. The number of nitrogens with zero attached hydrogens (tertiary/aromatic N) is 1. The molecule has 2 rings (SSSR count). The maximum absolute atomic E-state index is 4.26. The lowest BCUT2D eigenvalue weighted by atomic mass is 10.0. The molecule has 1 fully saturated rings. The molecule has 0 spiro atoms. The minimum absolute atomic E-state index is 0.547. The van der Waals surface area contributed by atoms with Gasteiger partial charge in [-0.15, -0.1) is 0 Å². The first-order chi connectivity index (χ1) is 5.27. The molecule has 58 valence electrons. The van der Waals surface area contributed by atoms with E-state index in [9.17, 15) is 0 Å². The number of nitrogens with one attached hydrogen (secondary N) is 2. The second-order valence-electron chi connectivity index (χ2n) is 2.90. The summed E-state index contributed by atoms with van der Waals surface area (Å²) in [5, 5.41) is 4.80. The zero-order valence-electron chi connectivity index (χ0n) is 6.35. The Kier molecular flexibility index (Phi) is 1.32. The maximum atomic E-state index is 4.26. The Balaban J connectivity index is 2.38. The van der Waals surface area contributed by atoms with Gasteiger partial charge in [0.1, 0.15) is 5.82 Å². The Morgan fingerprint density at radius 3 is 2.45 bits per heavy atom. The number of imidazole rings is 1. The highest BCUT2D eigenvalue weighted by atomic mass is 15.0. The highest BCUT2D eigenvalue weighted by Crippen LogP contribution is 2.12. The topological polar surface area (TPSA) is 40.7 Å². The normalized spacial score (nSPS) is 18.2. The lowest BCUT2D eigenvalue weighted by molar-refractivity contribution is 0.432. The van der Waals surface area contributed by atoms with E-state index in [0.717, 1.165) is 29.6 Å². The fourth-order valence-corrected chi connectivity index (χ4v) is 1.14. The molecule has 1 saturated heterocycles. The predicted octanol–water partition coefficient (Wildman–Crippen LogP) is -1.08. The van der Waals surface area contributed by atoms with Gasteiger partial charge in [-0.3, -0.25) is 0 Å². The average Bonchev–Trinajstić information content (AvgIpc) is 2.08. The van der Waals surface area contributed by atoms with Crippen LogP contribution in [0.3, 0.4) is 0 Å². The van der Waals surface area contributed by atoms with Crippen molar-refractivity contribution in [3.8, 4) is 0 Å². The minimum Gasteiger partial charge on any atom is -0.342 e. The van der Waals surface area contributed by atoms with Crippen molar-refractivity contribution >= 4 is 13.2 Å². The van der Waals surface area contributed by atoms with Crippen LogP contribution in [0.2, 0.25) is 0 Å². The van der Waals surface area contributed by atoms with Crippen molar-refractivity contribution < 1.29 is 0 Å². The summed E-state index contributed by atoms with van der Waals surface area (Å²) in [6, 6.07) is 0. The van der Waals surface area contributed by atoms with Gasteiger partial charge in [0.2, 0.25) is 0 Å². The lowest BCUT2D eigenvalue weighted by Gasteiger charge is -2.24.